The minimum atomic E-state index is -0.270. The van der Waals surface area contributed by atoms with Crippen LogP contribution < -0.4 is 4.74 Å². The van der Waals surface area contributed by atoms with E-state index in [1.54, 1.807) is 12.0 Å². The SMILES string of the molecule is COc1ccccc1-c1noc(C2CCCN2C(=O)c2n[nH]c3ccccc23)n1. The van der Waals surface area contributed by atoms with Crippen molar-refractivity contribution in [3.63, 3.8) is 0 Å². The molecule has 146 valence electrons. The van der Waals surface area contributed by atoms with E-state index < -0.39 is 0 Å². The molecule has 8 nitrogen and oxygen atoms in total. The molecule has 0 bridgehead atoms. The quantitative estimate of drug-likeness (QED) is 0.573. The number of hydrogen-bond acceptors (Lipinski definition) is 6. The third-order valence-corrected chi connectivity index (χ3v) is 5.26. The first kappa shape index (κ1) is 17.4. The summed E-state index contributed by atoms with van der Waals surface area (Å²) in [7, 11) is 1.60. The number of aromatic nitrogens is 4. The monoisotopic (exact) mass is 389 g/mol. The van der Waals surface area contributed by atoms with Crippen LogP contribution in [0.5, 0.6) is 5.75 Å². The van der Waals surface area contributed by atoms with Gasteiger partial charge in [0.1, 0.15) is 11.8 Å². The number of para-hydroxylation sites is 2. The number of rotatable bonds is 4. The highest BCUT2D eigenvalue weighted by atomic mass is 16.5. The van der Waals surface area contributed by atoms with Gasteiger partial charge >= 0.3 is 0 Å². The zero-order chi connectivity index (χ0) is 19.8. The van der Waals surface area contributed by atoms with E-state index in [0.717, 1.165) is 29.3 Å². The van der Waals surface area contributed by atoms with Crippen LogP contribution in [0.3, 0.4) is 0 Å². The number of amides is 1. The maximum atomic E-state index is 13.2. The molecule has 1 N–H and O–H groups in total. The van der Waals surface area contributed by atoms with Gasteiger partial charge in [-0.1, -0.05) is 35.5 Å². The minimum absolute atomic E-state index is 0.137. The van der Waals surface area contributed by atoms with Crippen molar-refractivity contribution in [2.75, 3.05) is 13.7 Å². The first-order valence-corrected chi connectivity index (χ1v) is 9.47. The van der Waals surface area contributed by atoms with E-state index >= 15 is 0 Å². The molecule has 1 unspecified atom stereocenters. The summed E-state index contributed by atoms with van der Waals surface area (Å²) in [6, 6.07) is 14.8. The Morgan fingerprint density at radius 1 is 1.21 bits per heavy atom. The zero-order valence-electron chi connectivity index (χ0n) is 15.8. The molecule has 29 heavy (non-hydrogen) atoms. The van der Waals surface area contributed by atoms with E-state index in [4.69, 9.17) is 9.26 Å². The number of benzene rings is 2. The smallest absolute Gasteiger partial charge is 0.275 e. The van der Waals surface area contributed by atoms with Gasteiger partial charge in [-0.3, -0.25) is 9.89 Å². The van der Waals surface area contributed by atoms with Crippen LogP contribution in [0.15, 0.2) is 53.1 Å². The fraction of sp³-hybridized carbons (Fsp3) is 0.238. The Balaban J connectivity index is 1.46. The van der Waals surface area contributed by atoms with Gasteiger partial charge in [-0.05, 0) is 31.0 Å². The molecule has 8 heteroatoms. The molecule has 5 rings (SSSR count). The number of fused-ring (bicyclic) bond motifs is 1. The summed E-state index contributed by atoms with van der Waals surface area (Å²) in [5.74, 6) is 1.41. The van der Waals surface area contributed by atoms with Crippen LogP contribution in [0, 0.1) is 0 Å². The van der Waals surface area contributed by atoms with Gasteiger partial charge in [-0.25, -0.2) is 0 Å². The van der Waals surface area contributed by atoms with Crippen LogP contribution >= 0.6 is 0 Å². The molecular weight excluding hydrogens is 370 g/mol. The second-order valence-electron chi connectivity index (χ2n) is 6.93. The highest BCUT2D eigenvalue weighted by molar-refractivity contribution is 6.04. The molecule has 4 aromatic rings. The van der Waals surface area contributed by atoms with Gasteiger partial charge in [0.25, 0.3) is 5.91 Å². The maximum Gasteiger partial charge on any atom is 0.275 e. The summed E-state index contributed by atoms with van der Waals surface area (Å²) in [4.78, 5) is 19.6. The van der Waals surface area contributed by atoms with Crippen molar-refractivity contribution in [2.45, 2.75) is 18.9 Å². The first-order chi connectivity index (χ1) is 14.3. The number of hydrogen-bond donors (Lipinski definition) is 1. The molecule has 1 aliphatic heterocycles. The number of likely N-dealkylation sites (tertiary alicyclic amines) is 1. The fourth-order valence-corrected chi connectivity index (χ4v) is 3.84. The van der Waals surface area contributed by atoms with E-state index in [0.29, 0.717) is 29.7 Å². The van der Waals surface area contributed by atoms with Gasteiger partial charge in [0.15, 0.2) is 5.69 Å². The lowest BCUT2D eigenvalue weighted by atomic mass is 10.1. The number of ether oxygens (including phenoxy) is 1. The van der Waals surface area contributed by atoms with Crippen LogP contribution in [0.2, 0.25) is 0 Å². The second-order valence-corrected chi connectivity index (χ2v) is 6.93. The van der Waals surface area contributed by atoms with Crippen LogP contribution in [-0.4, -0.2) is 44.8 Å². The van der Waals surface area contributed by atoms with Gasteiger partial charge in [0, 0.05) is 11.9 Å². The van der Waals surface area contributed by atoms with Crippen LogP contribution in [0.4, 0.5) is 0 Å². The summed E-state index contributed by atoms with van der Waals surface area (Å²) in [5, 5.41) is 12.1. The molecule has 1 aliphatic rings. The Morgan fingerprint density at radius 3 is 2.93 bits per heavy atom. The fourth-order valence-electron chi connectivity index (χ4n) is 3.84. The number of nitrogens with one attached hydrogen (secondary N) is 1. The highest BCUT2D eigenvalue weighted by Crippen LogP contribution is 2.35. The number of carbonyl (C=O) groups excluding carboxylic acids is 1. The number of nitrogens with zero attached hydrogens (tertiary/aromatic N) is 4. The highest BCUT2D eigenvalue weighted by Gasteiger charge is 2.36. The molecule has 2 aromatic carbocycles. The number of methoxy groups -OCH3 is 1. The van der Waals surface area contributed by atoms with Gasteiger partial charge in [-0.2, -0.15) is 10.1 Å². The molecule has 0 radical (unpaired) electrons. The van der Waals surface area contributed by atoms with E-state index in [1.807, 2.05) is 48.5 Å². The Kier molecular flexibility index (Phi) is 4.23. The Labute approximate surface area is 166 Å². The summed E-state index contributed by atoms with van der Waals surface area (Å²) in [6.07, 6.45) is 1.63. The summed E-state index contributed by atoms with van der Waals surface area (Å²) >= 11 is 0. The van der Waals surface area contributed by atoms with Gasteiger partial charge in [-0.15, -0.1) is 0 Å². The van der Waals surface area contributed by atoms with Gasteiger partial charge in [0.2, 0.25) is 11.7 Å². The van der Waals surface area contributed by atoms with E-state index in [9.17, 15) is 4.79 Å². The van der Waals surface area contributed by atoms with Crippen molar-refractivity contribution < 1.29 is 14.1 Å². The lowest BCUT2D eigenvalue weighted by Gasteiger charge is -2.20. The van der Waals surface area contributed by atoms with Gasteiger partial charge < -0.3 is 14.2 Å². The average Bonchev–Trinajstić information content (AvgIpc) is 3.52. The Morgan fingerprint density at radius 2 is 2.03 bits per heavy atom. The van der Waals surface area contributed by atoms with Gasteiger partial charge in [0.05, 0.1) is 18.2 Å². The molecule has 1 fully saturated rings. The first-order valence-electron chi connectivity index (χ1n) is 9.47. The molecule has 0 saturated carbocycles. The van der Waals surface area contributed by atoms with Crippen LogP contribution in [0.1, 0.15) is 35.3 Å². The third kappa shape index (κ3) is 2.93. The van der Waals surface area contributed by atoms with E-state index in [-0.39, 0.29) is 11.9 Å². The van der Waals surface area contributed by atoms with Crippen LogP contribution in [0.25, 0.3) is 22.3 Å². The predicted molar refractivity (Wildman–Crippen MR) is 105 cm³/mol. The third-order valence-electron chi connectivity index (χ3n) is 5.26. The standard InChI is InChI=1S/C21H19N5O3/c1-28-17-11-5-3-8-14(17)19-22-20(29-25-19)16-10-6-12-26(16)21(27)18-13-7-2-4-9-15(13)23-24-18/h2-5,7-9,11,16H,6,10,12H2,1H3,(H,23,24). The summed E-state index contributed by atoms with van der Waals surface area (Å²) < 4.78 is 10.9. The van der Waals surface area contributed by atoms with E-state index in [1.165, 1.54) is 0 Å². The van der Waals surface area contributed by atoms with Crippen molar-refractivity contribution in [1.29, 1.82) is 0 Å². The molecule has 3 heterocycles. The second kappa shape index (κ2) is 7.05. The molecule has 1 saturated heterocycles. The van der Waals surface area contributed by atoms with Crippen LogP contribution in [-0.2, 0) is 0 Å². The normalized spacial score (nSPS) is 16.4. The topological polar surface area (TPSA) is 97.1 Å². The molecule has 1 atom stereocenters. The number of aromatic amines is 1. The van der Waals surface area contributed by atoms with Crippen molar-refractivity contribution in [3.05, 3.63) is 60.1 Å². The minimum Gasteiger partial charge on any atom is -0.496 e. The zero-order valence-corrected chi connectivity index (χ0v) is 15.8. The van der Waals surface area contributed by atoms with Crippen molar-refractivity contribution in [3.8, 4) is 17.1 Å². The molecule has 1 amide bonds. The Bertz CT molecular complexity index is 1180. The average molecular weight is 389 g/mol. The van der Waals surface area contributed by atoms with Crippen molar-refractivity contribution in [2.24, 2.45) is 0 Å². The molecule has 0 aliphatic carbocycles. The largest absolute Gasteiger partial charge is 0.496 e. The maximum absolute atomic E-state index is 13.2. The summed E-state index contributed by atoms with van der Waals surface area (Å²) in [6.45, 7) is 0.622. The summed E-state index contributed by atoms with van der Waals surface area (Å²) in [5.41, 5.74) is 2.00. The van der Waals surface area contributed by atoms with E-state index in [2.05, 4.69) is 20.3 Å². The van der Waals surface area contributed by atoms with Crippen molar-refractivity contribution in [1.82, 2.24) is 25.2 Å². The molecular formula is C21H19N5O3. The lowest BCUT2D eigenvalue weighted by molar-refractivity contribution is 0.0706. The van der Waals surface area contributed by atoms with Crippen molar-refractivity contribution >= 4 is 16.8 Å². The lowest BCUT2D eigenvalue weighted by Crippen LogP contribution is -2.31. The Hall–Kier alpha value is -3.68. The predicted octanol–water partition coefficient (Wildman–Crippen LogP) is 3.60. The molecule has 2 aromatic heterocycles. The molecule has 0 spiro atoms. The number of H-pyrrole nitrogens is 1. The number of carbonyl (C=O) groups is 1.